The molecule has 1 unspecified atom stereocenters. The predicted octanol–water partition coefficient (Wildman–Crippen LogP) is 1.46. The number of carbonyl (C=O) groups excluding carboxylic acids is 1. The Balaban J connectivity index is 1.96. The van der Waals surface area contributed by atoms with Crippen molar-refractivity contribution in [3.8, 4) is 0 Å². The molecule has 2 heterocycles. The first-order chi connectivity index (χ1) is 9.74. The van der Waals surface area contributed by atoms with Crippen molar-refractivity contribution in [1.29, 1.82) is 0 Å². The third kappa shape index (κ3) is 3.89. The number of rotatable bonds is 6. The van der Waals surface area contributed by atoms with Crippen molar-refractivity contribution in [1.82, 2.24) is 20.4 Å². The fraction of sp³-hybridized carbons (Fsp3) is 0.769. The summed E-state index contributed by atoms with van der Waals surface area (Å²) >= 11 is 1.58. The van der Waals surface area contributed by atoms with Crippen LogP contribution in [0.4, 0.5) is 5.13 Å². The smallest absolute Gasteiger partial charge is 0.237 e. The van der Waals surface area contributed by atoms with Gasteiger partial charge in [0.05, 0.1) is 12.6 Å². The van der Waals surface area contributed by atoms with Crippen LogP contribution in [-0.4, -0.2) is 47.2 Å². The van der Waals surface area contributed by atoms with Crippen LogP contribution in [0.3, 0.4) is 0 Å². The molecule has 112 valence electrons. The van der Waals surface area contributed by atoms with E-state index in [1.807, 2.05) is 0 Å². The first-order valence-electron chi connectivity index (χ1n) is 7.26. The molecule has 1 aromatic rings. The number of hydrogen-bond donors (Lipinski definition) is 2. The number of likely N-dealkylation sites (N-methyl/N-ethyl adjacent to an activating group) is 1. The Labute approximate surface area is 124 Å². The highest BCUT2D eigenvalue weighted by atomic mass is 32.1. The number of carbonyl (C=O) groups is 1. The lowest BCUT2D eigenvalue weighted by molar-refractivity contribution is -0.127. The van der Waals surface area contributed by atoms with E-state index in [4.69, 9.17) is 0 Å². The lowest BCUT2D eigenvalue weighted by Gasteiger charge is -2.33. The molecule has 6 nitrogen and oxygen atoms in total. The first kappa shape index (κ1) is 15.2. The standard InChI is InChI=1S/C13H23N5OS/c1-3-7-15-13-17-16-11(20-13)9-18-8-5-4-6-10(18)12(19)14-2/h10H,3-9H2,1-2H3,(H,14,19)(H,15,17). The predicted molar refractivity (Wildman–Crippen MR) is 80.8 cm³/mol. The van der Waals surface area contributed by atoms with Gasteiger partial charge in [0.15, 0.2) is 0 Å². The number of piperidine rings is 1. The molecule has 0 saturated carbocycles. The molecular formula is C13H23N5OS. The van der Waals surface area contributed by atoms with E-state index in [9.17, 15) is 4.79 Å². The van der Waals surface area contributed by atoms with Gasteiger partial charge in [0.1, 0.15) is 5.01 Å². The highest BCUT2D eigenvalue weighted by Crippen LogP contribution is 2.22. The van der Waals surface area contributed by atoms with Gasteiger partial charge in [0, 0.05) is 13.6 Å². The summed E-state index contributed by atoms with van der Waals surface area (Å²) < 4.78 is 0. The normalized spacial score (nSPS) is 19.8. The third-order valence-corrected chi connectivity index (χ3v) is 4.36. The Kier molecular flexibility index (Phi) is 5.72. The van der Waals surface area contributed by atoms with Gasteiger partial charge in [-0.2, -0.15) is 0 Å². The summed E-state index contributed by atoms with van der Waals surface area (Å²) in [7, 11) is 1.70. The highest BCUT2D eigenvalue weighted by Gasteiger charge is 2.28. The molecule has 0 radical (unpaired) electrons. The van der Waals surface area contributed by atoms with Crippen LogP contribution in [0, 0.1) is 0 Å². The third-order valence-electron chi connectivity index (χ3n) is 3.49. The van der Waals surface area contributed by atoms with E-state index in [2.05, 4.69) is 32.7 Å². The van der Waals surface area contributed by atoms with E-state index in [0.29, 0.717) is 6.54 Å². The number of nitrogens with zero attached hydrogens (tertiary/aromatic N) is 3. The molecule has 20 heavy (non-hydrogen) atoms. The second-order valence-corrected chi connectivity index (χ2v) is 6.09. The van der Waals surface area contributed by atoms with Gasteiger partial charge < -0.3 is 10.6 Å². The average Bonchev–Trinajstić information content (AvgIpc) is 2.92. The Morgan fingerprint density at radius 1 is 1.45 bits per heavy atom. The van der Waals surface area contributed by atoms with Crippen molar-refractivity contribution >= 4 is 22.4 Å². The zero-order chi connectivity index (χ0) is 14.4. The van der Waals surface area contributed by atoms with E-state index >= 15 is 0 Å². The minimum atomic E-state index is -0.0234. The van der Waals surface area contributed by atoms with Crippen LogP contribution >= 0.6 is 11.3 Å². The molecule has 1 atom stereocenters. The summed E-state index contributed by atoms with van der Waals surface area (Å²) in [6, 6.07) is -0.0234. The maximum Gasteiger partial charge on any atom is 0.237 e. The fourth-order valence-corrected chi connectivity index (χ4v) is 3.23. The Morgan fingerprint density at radius 2 is 2.30 bits per heavy atom. The van der Waals surface area contributed by atoms with Crippen molar-refractivity contribution in [2.75, 3.05) is 25.5 Å². The molecule has 2 N–H and O–H groups in total. The molecule has 1 aliphatic rings. The zero-order valence-corrected chi connectivity index (χ0v) is 13.0. The molecule has 2 rings (SSSR count). The number of likely N-dealkylation sites (tertiary alicyclic amines) is 1. The van der Waals surface area contributed by atoms with Crippen LogP contribution < -0.4 is 10.6 Å². The molecule has 0 aliphatic carbocycles. The molecule has 1 aliphatic heterocycles. The zero-order valence-electron chi connectivity index (χ0n) is 12.2. The fourth-order valence-electron chi connectivity index (χ4n) is 2.44. The summed E-state index contributed by atoms with van der Waals surface area (Å²) in [6.07, 6.45) is 4.26. The Morgan fingerprint density at radius 3 is 3.05 bits per heavy atom. The largest absolute Gasteiger partial charge is 0.360 e. The molecule has 1 aromatic heterocycles. The van der Waals surface area contributed by atoms with E-state index in [1.165, 1.54) is 0 Å². The van der Waals surface area contributed by atoms with Gasteiger partial charge in [-0.3, -0.25) is 9.69 Å². The summed E-state index contributed by atoms with van der Waals surface area (Å²) in [4.78, 5) is 14.1. The number of anilines is 1. The van der Waals surface area contributed by atoms with Crippen molar-refractivity contribution < 1.29 is 4.79 Å². The van der Waals surface area contributed by atoms with Crippen LogP contribution in [0.1, 0.15) is 37.6 Å². The molecular weight excluding hydrogens is 274 g/mol. The van der Waals surface area contributed by atoms with Crippen LogP contribution in [-0.2, 0) is 11.3 Å². The maximum absolute atomic E-state index is 11.9. The van der Waals surface area contributed by atoms with Gasteiger partial charge in [0.25, 0.3) is 0 Å². The van der Waals surface area contributed by atoms with Crippen molar-refractivity contribution in [3.63, 3.8) is 0 Å². The van der Waals surface area contributed by atoms with Gasteiger partial charge in [-0.05, 0) is 25.8 Å². The second-order valence-electron chi connectivity index (χ2n) is 5.02. The average molecular weight is 297 g/mol. The van der Waals surface area contributed by atoms with Crippen LogP contribution in [0.2, 0.25) is 0 Å². The van der Waals surface area contributed by atoms with Gasteiger partial charge >= 0.3 is 0 Å². The number of hydrogen-bond acceptors (Lipinski definition) is 6. The first-order valence-corrected chi connectivity index (χ1v) is 8.08. The van der Waals surface area contributed by atoms with Crippen molar-refractivity contribution in [2.45, 2.75) is 45.2 Å². The molecule has 1 saturated heterocycles. The molecule has 7 heteroatoms. The minimum Gasteiger partial charge on any atom is -0.360 e. The summed E-state index contributed by atoms with van der Waals surface area (Å²) in [5.74, 6) is 0.110. The van der Waals surface area contributed by atoms with Gasteiger partial charge in [-0.25, -0.2) is 0 Å². The number of amides is 1. The van der Waals surface area contributed by atoms with Crippen LogP contribution in [0.5, 0.6) is 0 Å². The quantitative estimate of drug-likeness (QED) is 0.832. The monoisotopic (exact) mass is 297 g/mol. The van der Waals surface area contributed by atoms with Gasteiger partial charge in [0.2, 0.25) is 11.0 Å². The molecule has 0 bridgehead atoms. The highest BCUT2D eigenvalue weighted by molar-refractivity contribution is 7.15. The Hall–Kier alpha value is -1.21. The molecule has 1 fully saturated rings. The molecule has 0 aromatic carbocycles. The minimum absolute atomic E-state index is 0.0234. The second kappa shape index (κ2) is 7.54. The molecule has 0 spiro atoms. The topological polar surface area (TPSA) is 70.2 Å². The van der Waals surface area contributed by atoms with E-state index in [0.717, 1.165) is 48.9 Å². The van der Waals surface area contributed by atoms with Gasteiger partial charge in [-0.1, -0.05) is 24.7 Å². The van der Waals surface area contributed by atoms with Crippen LogP contribution in [0.15, 0.2) is 0 Å². The van der Waals surface area contributed by atoms with E-state index in [-0.39, 0.29) is 11.9 Å². The summed E-state index contributed by atoms with van der Waals surface area (Å²) in [5, 5.41) is 16.2. The van der Waals surface area contributed by atoms with E-state index in [1.54, 1.807) is 18.4 Å². The maximum atomic E-state index is 11.9. The number of nitrogens with one attached hydrogen (secondary N) is 2. The number of aromatic nitrogens is 2. The van der Waals surface area contributed by atoms with E-state index < -0.39 is 0 Å². The lowest BCUT2D eigenvalue weighted by atomic mass is 10.0. The summed E-state index contributed by atoms with van der Waals surface area (Å²) in [6.45, 7) is 4.70. The summed E-state index contributed by atoms with van der Waals surface area (Å²) in [5.41, 5.74) is 0. The van der Waals surface area contributed by atoms with Gasteiger partial charge in [-0.15, -0.1) is 10.2 Å². The Bertz CT molecular complexity index is 436. The van der Waals surface area contributed by atoms with Crippen LogP contribution in [0.25, 0.3) is 0 Å². The van der Waals surface area contributed by atoms with Crippen molar-refractivity contribution in [2.24, 2.45) is 0 Å². The molecule has 1 amide bonds. The lowest BCUT2D eigenvalue weighted by Crippen LogP contribution is -2.48. The SMILES string of the molecule is CCCNc1nnc(CN2CCCCC2C(=O)NC)s1. The van der Waals surface area contributed by atoms with Crippen molar-refractivity contribution in [3.05, 3.63) is 5.01 Å².